The summed E-state index contributed by atoms with van der Waals surface area (Å²) in [5.74, 6) is 2.04. The molecule has 0 radical (unpaired) electrons. The van der Waals surface area contributed by atoms with Gasteiger partial charge in [0.05, 0.1) is 0 Å². The van der Waals surface area contributed by atoms with Crippen LogP contribution in [0.4, 0.5) is 0 Å². The highest BCUT2D eigenvalue weighted by Crippen LogP contribution is 2.32. The summed E-state index contributed by atoms with van der Waals surface area (Å²) in [5.41, 5.74) is 7.56. The first-order valence-corrected chi connectivity index (χ1v) is 8.71. The Balaban J connectivity index is 0.00000192. The largest absolute Gasteiger partial charge is 0.340 e. The second kappa shape index (κ2) is 8.16. The number of hydrogen-bond acceptors (Lipinski definition) is 2. The Bertz CT molecular complexity index is 499. The highest BCUT2D eigenvalue weighted by molar-refractivity contribution is 5.85. The monoisotopic (exact) mass is 336 g/mol. The summed E-state index contributed by atoms with van der Waals surface area (Å²) in [4.78, 5) is 14.6. The van der Waals surface area contributed by atoms with Crippen molar-refractivity contribution in [3.63, 3.8) is 0 Å². The van der Waals surface area contributed by atoms with Crippen molar-refractivity contribution in [2.45, 2.75) is 51.0 Å². The van der Waals surface area contributed by atoms with E-state index in [0.717, 1.165) is 18.9 Å². The molecule has 0 bridgehead atoms. The molecule has 1 aromatic rings. The van der Waals surface area contributed by atoms with Crippen molar-refractivity contribution in [1.82, 2.24) is 4.90 Å². The van der Waals surface area contributed by atoms with E-state index in [1.807, 2.05) is 11.0 Å². The molecule has 1 aliphatic carbocycles. The molecule has 1 saturated heterocycles. The first-order valence-electron chi connectivity index (χ1n) is 8.71. The van der Waals surface area contributed by atoms with Crippen LogP contribution in [0.3, 0.4) is 0 Å². The summed E-state index contributed by atoms with van der Waals surface area (Å²) in [6.07, 6.45) is 5.72. The summed E-state index contributed by atoms with van der Waals surface area (Å²) in [6.45, 7) is 3.82. The van der Waals surface area contributed by atoms with Gasteiger partial charge < -0.3 is 10.6 Å². The minimum Gasteiger partial charge on any atom is -0.340 e. The van der Waals surface area contributed by atoms with Gasteiger partial charge in [0, 0.05) is 31.5 Å². The van der Waals surface area contributed by atoms with Crippen LogP contribution in [0.5, 0.6) is 0 Å². The normalized spacial score (nSPS) is 30.8. The van der Waals surface area contributed by atoms with Crippen molar-refractivity contribution >= 4 is 18.3 Å². The molecule has 2 N–H and O–H groups in total. The van der Waals surface area contributed by atoms with Crippen molar-refractivity contribution in [2.24, 2.45) is 17.6 Å². The van der Waals surface area contributed by atoms with Crippen molar-refractivity contribution in [3.8, 4) is 0 Å². The van der Waals surface area contributed by atoms with E-state index in [-0.39, 0.29) is 24.4 Å². The molecule has 3 nitrogen and oxygen atoms in total. The molecular formula is C19H29ClN2O. The van der Waals surface area contributed by atoms with E-state index in [0.29, 0.717) is 18.4 Å². The first kappa shape index (κ1) is 18.3. The summed E-state index contributed by atoms with van der Waals surface area (Å²) < 4.78 is 0. The van der Waals surface area contributed by atoms with Crippen LogP contribution in [0.25, 0.3) is 0 Å². The molecule has 1 heterocycles. The number of nitrogens with two attached hydrogens (primary N) is 1. The van der Waals surface area contributed by atoms with E-state index in [9.17, 15) is 4.79 Å². The first-order chi connectivity index (χ1) is 10.6. The smallest absolute Gasteiger partial charge is 0.222 e. The Morgan fingerprint density at radius 1 is 1.13 bits per heavy atom. The predicted octanol–water partition coefficient (Wildman–Crippen LogP) is 3.58. The lowest BCUT2D eigenvalue weighted by Crippen LogP contribution is -2.33. The van der Waals surface area contributed by atoms with Gasteiger partial charge in [-0.25, -0.2) is 0 Å². The average Bonchev–Trinajstić information content (AvgIpc) is 2.92. The Morgan fingerprint density at radius 3 is 2.43 bits per heavy atom. The van der Waals surface area contributed by atoms with E-state index in [1.165, 1.54) is 31.2 Å². The topological polar surface area (TPSA) is 46.3 Å². The zero-order chi connectivity index (χ0) is 15.5. The summed E-state index contributed by atoms with van der Waals surface area (Å²) in [6, 6.07) is 10.4. The average molecular weight is 337 g/mol. The van der Waals surface area contributed by atoms with E-state index >= 15 is 0 Å². The van der Waals surface area contributed by atoms with Gasteiger partial charge in [0.1, 0.15) is 0 Å². The molecule has 1 amide bonds. The number of rotatable bonds is 3. The third kappa shape index (κ3) is 4.48. The third-order valence-corrected chi connectivity index (χ3v) is 5.54. The van der Waals surface area contributed by atoms with Crippen LogP contribution >= 0.6 is 12.4 Å². The molecule has 2 fully saturated rings. The molecule has 4 heteroatoms. The minimum atomic E-state index is 0. The van der Waals surface area contributed by atoms with Crippen LogP contribution < -0.4 is 5.73 Å². The third-order valence-electron chi connectivity index (χ3n) is 5.54. The standard InChI is InChI=1S/C19H28N2O.ClH/c1-14-7-9-15(10-8-14)11-19(22)21-12-17(18(20)13-21)16-5-3-2-4-6-16;/h2-6,14-15,17-18H,7-13,20H2,1H3;1H/t14?,15?,17-,18+;/m0./s1. The zero-order valence-electron chi connectivity index (χ0n) is 14.0. The van der Waals surface area contributed by atoms with Crippen LogP contribution in [0.1, 0.15) is 50.5 Å². The summed E-state index contributed by atoms with van der Waals surface area (Å²) in [7, 11) is 0. The molecule has 1 aromatic carbocycles. The number of benzene rings is 1. The molecule has 0 unspecified atom stereocenters. The van der Waals surface area contributed by atoms with Gasteiger partial charge in [-0.3, -0.25) is 4.79 Å². The molecule has 0 aromatic heterocycles. The van der Waals surface area contributed by atoms with Gasteiger partial charge in [-0.2, -0.15) is 0 Å². The number of likely N-dealkylation sites (tertiary alicyclic amines) is 1. The number of halogens is 1. The van der Waals surface area contributed by atoms with Gasteiger partial charge in [-0.05, 0) is 30.2 Å². The Hall–Kier alpha value is -1.06. The highest BCUT2D eigenvalue weighted by atomic mass is 35.5. The number of hydrogen-bond donors (Lipinski definition) is 1. The molecule has 2 aliphatic rings. The van der Waals surface area contributed by atoms with Crippen LogP contribution in [0, 0.1) is 11.8 Å². The lowest BCUT2D eigenvalue weighted by Gasteiger charge is -2.27. The fourth-order valence-corrected chi connectivity index (χ4v) is 3.99. The molecule has 1 aliphatic heterocycles. The number of nitrogens with zero attached hydrogens (tertiary/aromatic N) is 1. The molecule has 23 heavy (non-hydrogen) atoms. The molecular weight excluding hydrogens is 308 g/mol. The molecule has 128 valence electrons. The fourth-order valence-electron chi connectivity index (χ4n) is 3.99. The number of carbonyl (C=O) groups is 1. The van der Waals surface area contributed by atoms with Gasteiger partial charge in [0.15, 0.2) is 0 Å². The number of amides is 1. The fraction of sp³-hybridized carbons (Fsp3) is 0.632. The maximum atomic E-state index is 12.6. The Labute approximate surface area is 146 Å². The molecule has 2 atom stereocenters. The number of carbonyl (C=O) groups excluding carboxylic acids is 1. The van der Waals surface area contributed by atoms with E-state index in [4.69, 9.17) is 5.73 Å². The highest BCUT2D eigenvalue weighted by Gasteiger charge is 2.34. The minimum absolute atomic E-state index is 0. The van der Waals surface area contributed by atoms with E-state index < -0.39 is 0 Å². The van der Waals surface area contributed by atoms with Crippen molar-refractivity contribution in [1.29, 1.82) is 0 Å². The zero-order valence-corrected chi connectivity index (χ0v) is 14.8. The Kier molecular flexibility index (Phi) is 6.49. The molecule has 0 spiro atoms. The quantitative estimate of drug-likeness (QED) is 0.917. The van der Waals surface area contributed by atoms with Crippen molar-refractivity contribution in [2.75, 3.05) is 13.1 Å². The SMILES string of the molecule is CC1CCC(CC(=O)N2C[C@@H](N)[C@H](c3ccccc3)C2)CC1.Cl. The van der Waals surface area contributed by atoms with Gasteiger partial charge in [-0.1, -0.05) is 50.1 Å². The Morgan fingerprint density at radius 2 is 1.78 bits per heavy atom. The van der Waals surface area contributed by atoms with Gasteiger partial charge in [0.2, 0.25) is 5.91 Å². The van der Waals surface area contributed by atoms with Crippen molar-refractivity contribution in [3.05, 3.63) is 35.9 Å². The van der Waals surface area contributed by atoms with Crippen LogP contribution in [0.15, 0.2) is 30.3 Å². The van der Waals surface area contributed by atoms with E-state index in [1.54, 1.807) is 0 Å². The summed E-state index contributed by atoms with van der Waals surface area (Å²) in [5, 5.41) is 0. The van der Waals surface area contributed by atoms with Crippen molar-refractivity contribution < 1.29 is 4.79 Å². The maximum absolute atomic E-state index is 12.6. The van der Waals surface area contributed by atoms with Gasteiger partial charge >= 0.3 is 0 Å². The second-order valence-electron chi connectivity index (χ2n) is 7.31. The van der Waals surface area contributed by atoms with Crippen LogP contribution in [-0.2, 0) is 4.79 Å². The lowest BCUT2D eigenvalue weighted by atomic mass is 9.81. The second-order valence-corrected chi connectivity index (χ2v) is 7.31. The van der Waals surface area contributed by atoms with Crippen LogP contribution in [0.2, 0.25) is 0 Å². The van der Waals surface area contributed by atoms with E-state index in [2.05, 4.69) is 31.2 Å². The predicted molar refractivity (Wildman–Crippen MR) is 96.7 cm³/mol. The van der Waals surface area contributed by atoms with Gasteiger partial charge in [-0.15, -0.1) is 12.4 Å². The lowest BCUT2D eigenvalue weighted by molar-refractivity contribution is -0.131. The van der Waals surface area contributed by atoms with Crippen LogP contribution in [-0.4, -0.2) is 29.9 Å². The van der Waals surface area contributed by atoms with Gasteiger partial charge in [0.25, 0.3) is 0 Å². The maximum Gasteiger partial charge on any atom is 0.222 e. The molecule has 3 rings (SSSR count). The molecule has 1 saturated carbocycles. The summed E-state index contributed by atoms with van der Waals surface area (Å²) >= 11 is 0.